The van der Waals surface area contributed by atoms with Crippen molar-refractivity contribution in [1.82, 2.24) is 4.31 Å². The van der Waals surface area contributed by atoms with Crippen LogP contribution in [0, 0.1) is 19.8 Å². The van der Waals surface area contributed by atoms with Gasteiger partial charge < -0.3 is 4.90 Å². The summed E-state index contributed by atoms with van der Waals surface area (Å²) in [4.78, 5) is 14.2. The van der Waals surface area contributed by atoms with E-state index in [1.807, 2.05) is 32.0 Å². The minimum absolute atomic E-state index is 0.0790. The highest BCUT2D eigenvalue weighted by molar-refractivity contribution is 7.89. The van der Waals surface area contributed by atoms with Gasteiger partial charge in [-0.3, -0.25) is 4.79 Å². The lowest BCUT2D eigenvalue weighted by atomic mass is 9.96. The summed E-state index contributed by atoms with van der Waals surface area (Å²) in [7, 11) is -2.37. The molecule has 0 aliphatic carbocycles. The third-order valence-corrected chi connectivity index (χ3v) is 7.76. The molecule has 0 bridgehead atoms. The Morgan fingerprint density at radius 1 is 1.06 bits per heavy atom. The SMILES string of the molecule is Cc1cccc(N(C)C(=O)C2CCN(S(=O)(=O)c3cccc(C(F)(F)F)c3)CC2)c1C. The van der Waals surface area contributed by atoms with Gasteiger partial charge in [0, 0.05) is 31.7 Å². The molecule has 2 aromatic rings. The quantitative estimate of drug-likeness (QED) is 0.689. The van der Waals surface area contributed by atoms with Crippen LogP contribution in [0.5, 0.6) is 0 Å². The lowest BCUT2D eigenvalue weighted by Gasteiger charge is -2.33. The van der Waals surface area contributed by atoms with Crippen LogP contribution in [-0.4, -0.2) is 38.8 Å². The number of sulfonamides is 1. The van der Waals surface area contributed by atoms with E-state index in [-0.39, 0.29) is 29.8 Å². The first-order valence-corrected chi connectivity index (χ1v) is 11.4. The number of benzene rings is 2. The van der Waals surface area contributed by atoms with Gasteiger partial charge in [-0.25, -0.2) is 8.42 Å². The first-order chi connectivity index (χ1) is 14.4. The van der Waals surface area contributed by atoms with Crippen LogP contribution in [0.2, 0.25) is 0 Å². The van der Waals surface area contributed by atoms with Gasteiger partial charge in [-0.2, -0.15) is 17.5 Å². The molecule has 1 saturated heterocycles. The molecular weight excluding hydrogens is 429 g/mol. The molecule has 168 valence electrons. The summed E-state index contributed by atoms with van der Waals surface area (Å²) in [6.45, 7) is 4.07. The number of halogens is 3. The van der Waals surface area contributed by atoms with E-state index in [1.54, 1.807) is 11.9 Å². The summed E-state index contributed by atoms with van der Waals surface area (Å²) in [6, 6.07) is 9.46. The van der Waals surface area contributed by atoms with Crippen molar-refractivity contribution in [3.05, 3.63) is 59.2 Å². The van der Waals surface area contributed by atoms with Crippen molar-refractivity contribution >= 4 is 21.6 Å². The van der Waals surface area contributed by atoms with E-state index in [0.717, 1.165) is 39.3 Å². The van der Waals surface area contributed by atoms with Gasteiger partial charge in [0.1, 0.15) is 0 Å². The zero-order valence-electron chi connectivity index (χ0n) is 17.6. The average Bonchev–Trinajstić information content (AvgIpc) is 2.74. The molecule has 1 heterocycles. The predicted molar refractivity (Wildman–Crippen MR) is 112 cm³/mol. The topological polar surface area (TPSA) is 57.7 Å². The van der Waals surface area contributed by atoms with Crippen molar-refractivity contribution in [3.63, 3.8) is 0 Å². The number of piperidine rings is 1. The maximum Gasteiger partial charge on any atom is 0.416 e. The molecule has 1 aliphatic rings. The number of rotatable bonds is 4. The molecule has 1 fully saturated rings. The van der Waals surface area contributed by atoms with Gasteiger partial charge in [0.25, 0.3) is 0 Å². The zero-order chi connectivity index (χ0) is 23.0. The number of hydrogen-bond donors (Lipinski definition) is 0. The summed E-state index contributed by atoms with van der Waals surface area (Å²) in [5, 5.41) is 0. The van der Waals surface area contributed by atoms with Crippen molar-refractivity contribution in [2.75, 3.05) is 25.0 Å². The zero-order valence-corrected chi connectivity index (χ0v) is 18.4. The molecule has 2 aromatic carbocycles. The molecule has 9 heteroatoms. The number of amides is 1. The maximum atomic E-state index is 13.0. The smallest absolute Gasteiger partial charge is 0.315 e. The second kappa shape index (κ2) is 8.63. The Labute approximate surface area is 180 Å². The van der Waals surface area contributed by atoms with Crippen LogP contribution in [0.15, 0.2) is 47.4 Å². The van der Waals surface area contributed by atoms with E-state index >= 15 is 0 Å². The monoisotopic (exact) mass is 454 g/mol. The lowest BCUT2D eigenvalue weighted by Crippen LogP contribution is -2.43. The van der Waals surface area contributed by atoms with Gasteiger partial charge in [-0.15, -0.1) is 0 Å². The number of aryl methyl sites for hydroxylation is 1. The number of carbonyl (C=O) groups excluding carboxylic acids is 1. The molecule has 0 N–H and O–H groups in total. The van der Waals surface area contributed by atoms with Crippen molar-refractivity contribution in [2.45, 2.75) is 37.8 Å². The predicted octanol–water partition coefficient (Wildman–Crippen LogP) is 4.39. The van der Waals surface area contributed by atoms with Gasteiger partial charge in [0.15, 0.2) is 0 Å². The average molecular weight is 455 g/mol. The Kier molecular flexibility index (Phi) is 6.48. The van der Waals surface area contributed by atoms with E-state index in [0.29, 0.717) is 18.9 Å². The van der Waals surface area contributed by atoms with Crippen LogP contribution in [0.4, 0.5) is 18.9 Å². The summed E-state index contributed by atoms with van der Waals surface area (Å²) in [5.74, 6) is -0.442. The number of hydrogen-bond acceptors (Lipinski definition) is 3. The Morgan fingerprint density at radius 3 is 2.29 bits per heavy atom. The molecular formula is C22H25F3N2O3S. The second-order valence-corrected chi connectivity index (χ2v) is 9.76. The lowest BCUT2D eigenvalue weighted by molar-refractivity contribution is -0.137. The fraction of sp³-hybridized carbons (Fsp3) is 0.409. The first kappa shape index (κ1) is 23.3. The van der Waals surface area contributed by atoms with E-state index in [2.05, 4.69) is 0 Å². The van der Waals surface area contributed by atoms with Crippen molar-refractivity contribution in [3.8, 4) is 0 Å². The summed E-state index contributed by atoms with van der Waals surface area (Å²) < 4.78 is 65.7. The third kappa shape index (κ3) is 4.77. The highest BCUT2D eigenvalue weighted by atomic mass is 32.2. The molecule has 1 aliphatic heterocycles. The minimum Gasteiger partial charge on any atom is -0.315 e. The summed E-state index contributed by atoms with van der Waals surface area (Å²) in [5.41, 5.74) is 1.87. The molecule has 5 nitrogen and oxygen atoms in total. The summed E-state index contributed by atoms with van der Waals surface area (Å²) in [6.07, 6.45) is -4.00. The van der Waals surface area contributed by atoms with Crippen LogP contribution in [0.1, 0.15) is 29.5 Å². The normalized spacial score (nSPS) is 16.3. The van der Waals surface area contributed by atoms with Gasteiger partial charge in [-0.05, 0) is 62.1 Å². The highest BCUT2D eigenvalue weighted by Gasteiger charge is 2.36. The van der Waals surface area contributed by atoms with Crippen LogP contribution >= 0.6 is 0 Å². The van der Waals surface area contributed by atoms with Crippen molar-refractivity contribution in [2.24, 2.45) is 5.92 Å². The van der Waals surface area contributed by atoms with Crippen molar-refractivity contribution in [1.29, 1.82) is 0 Å². The Balaban J connectivity index is 1.71. The van der Waals surface area contributed by atoms with Crippen molar-refractivity contribution < 1.29 is 26.4 Å². The van der Waals surface area contributed by atoms with E-state index in [9.17, 15) is 26.4 Å². The van der Waals surface area contributed by atoms with Gasteiger partial charge in [-0.1, -0.05) is 18.2 Å². The van der Waals surface area contributed by atoms with Crippen LogP contribution in [-0.2, 0) is 21.0 Å². The molecule has 0 unspecified atom stereocenters. The fourth-order valence-corrected chi connectivity index (χ4v) is 5.33. The molecule has 0 aromatic heterocycles. The summed E-state index contributed by atoms with van der Waals surface area (Å²) >= 11 is 0. The third-order valence-electron chi connectivity index (χ3n) is 5.87. The van der Waals surface area contributed by atoms with Crippen LogP contribution in [0.25, 0.3) is 0 Å². The van der Waals surface area contributed by atoms with E-state index in [1.165, 1.54) is 0 Å². The molecule has 0 saturated carbocycles. The maximum absolute atomic E-state index is 13.0. The molecule has 1 amide bonds. The van der Waals surface area contributed by atoms with E-state index in [4.69, 9.17) is 0 Å². The fourth-order valence-electron chi connectivity index (χ4n) is 3.82. The molecule has 0 atom stereocenters. The standard InChI is InChI=1S/C22H25F3N2O3S/c1-15-6-4-9-20(16(15)2)26(3)21(28)17-10-12-27(13-11-17)31(29,30)19-8-5-7-18(14-19)22(23,24)25/h4-9,14,17H,10-13H2,1-3H3. The molecule has 3 rings (SSSR count). The van der Waals surface area contributed by atoms with Crippen LogP contribution < -0.4 is 4.90 Å². The number of alkyl halides is 3. The molecule has 0 radical (unpaired) electrons. The Morgan fingerprint density at radius 2 is 1.68 bits per heavy atom. The number of anilines is 1. The molecule has 0 spiro atoms. The van der Waals surface area contributed by atoms with Gasteiger partial charge in [0.05, 0.1) is 10.5 Å². The highest BCUT2D eigenvalue weighted by Crippen LogP contribution is 2.32. The first-order valence-electron chi connectivity index (χ1n) is 9.94. The number of carbonyl (C=O) groups is 1. The van der Waals surface area contributed by atoms with Gasteiger partial charge >= 0.3 is 6.18 Å². The Hall–Kier alpha value is -2.39. The molecule has 31 heavy (non-hydrogen) atoms. The van der Waals surface area contributed by atoms with Crippen LogP contribution in [0.3, 0.4) is 0 Å². The van der Waals surface area contributed by atoms with Gasteiger partial charge in [0.2, 0.25) is 15.9 Å². The number of nitrogens with zero attached hydrogens (tertiary/aromatic N) is 2. The largest absolute Gasteiger partial charge is 0.416 e. The van der Waals surface area contributed by atoms with E-state index < -0.39 is 21.8 Å². The Bertz CT molecular complexity index is 1080. The second-order valence-electron chi connectivity index (χ2n) is 7.82. The minimum atomic E-state index is -4.62.